The van der Waals surface area contributed by atoms with E-state index in [0.29, 0.717) is 0 Å². The monoisotopic (exact) mass is 307 g/mol. The van der Waals surface area contributed by atoms with Gasteiger partial charge in [0, 0.05) is 11.1 Å². The lowest BCUT2D eigenvalue weighted by atomic mass is 10.0. The molecule has 3 rings (SSSR count). The van der Waals surface area contributed by atoms with Crippen LogP contribution in [0.15, 0.2) is 47.5 Å². The summed E-state index contributed by atoms with van der Waals surface area (Å²) in [5, 5.41) is 2.39. The average Bonchev–Trinajstić information content (AvgIpc) is 2.48. The first-order valence-electron chi connectivity index (χ1n) is 7.60. The minimum absolute atomic E-state index is 0.968. The Morgan fingerprint density at radius 1 is 0.864 bits per heavy atom. The number of pyridine rings is 1. The molecule has 0 aliphatic rings. The summed E-state index contributed by atoms with van der Waals surface area (Å²) in [5.74, 6) is 0.968. The number of rotatable bonds is 3. The molecule has 0 unspecified atom stereocenters. The lowest BCUT2D eigenvalue weighted by Crippen LogP contribution is -1.92. The summed E-state index contributed by atoms with van der Waals surface area (Å²) in [6, 6.07) is 15.2. The van der Waals surface area contributed by atoms with Crippen LogP contribution in [0.1, 0.15) is 27.8 Å². The number of benzene rings is 2. The second-order valence-corrected chi connectivity index (χ2v) is 6.97. The molecule has 1 heterocycles. The van der Waals surface area contributed by atoms with Crippen LogP contribution >= 0.6 is 11.8 Å². The van der Waals surface area contributed by atoms with E-state index in [4.69, 9.17) is 4.98 Å². The zero-order chi connectivity index (χ0) is 15.7. The van der Waals surface area contributed by atoms with Crippen LogP contribution in [0.4, 0.5) is 0 Å². The quantitative estimate of drug-likeness (QED) is 0.570. The van der Waals surface area contributed by atoms with Gasteiger partial charge in [-0.3, -0.25) is 0 Å². The van der Waals surface area contributed by atoms with E-state index in [2.05, 4.69) is 70.2 Å². The molecule has 1 nitrogen and oxygen atoms in total. The standard InChI is InChI=1S/C20H21NS/c1-13-9-16(4)20-18(10-13)15(3)11-19(21-20)22-12-17-8-6-5-7-14(17)2/h5-11H,12H2,1-4H3. The second kappa shape index (κ2) is 6.13. The van der Waals surface area contributed by atoms with Crippen LogP contribution in [-0.2, 0) is 5.75 Å². The number of aryl methyl sites for hydroxylation is 4. The first-order chi connectivity index (χ1) is 10.5. The smallest absolute Gasteiger partial charge is 0.0973 e. The maximum atomic E-state index is 4.88. The van der Waals surface area contributed by atoms with Crippen LogP contribution in [0.2, 0.25) is 0 Å². The van der Waals surface area contributed by atoms with Gasteiger partial charge in [-0.15, -0.1) is 11.8 Å². The SMILES string of the molecule is Cc1cc(C)c2nc(SCc3ccccc3C)cc(C)c2c1. The normalized spacial score (nSPS) is 11.1. The Morgan fingerprint density at radius 3 is 2.41 bits per heavy atom. The Kier molecular flexibility index (Phi) is 4.21. The van der Waals surface area contributed by atoms with Crippen LogP contribution in [0.25, 0.3) is 10.9 Å². The summed E-state index contributed by atoms with van der Waals surface area (Å²) in [7, 11) is 0. The summed E-state index contributed by atoms with van der Waals surface area (Å²) in [6.07, 6.45) is 0. The Morgan fingerprint density at radius 2 is 1.64 bits per heavy atom. The minimum atomic E-state index is 0.968. The molecule has 0 N–H and O–H groups in total. The van der Waals surface area contributed by atoms with Gasteiger partial charge in [-0.05, 0) is 62.1 Å². The summed E-state index contributed by atoms with van der Waals surface area (Å²) in [4.78, 5) is 4.88. The Balaban J connectivity index is 1.94. The molecule has 112 valence electrons. The van der Waals surface area contributed by atoms with Crippen molar-refractivity contribution in [3.8, 4) is 0 Å². The number of fused-ring (bicyclic) bond motifs is 1. The van der Waals surface area contributed by atoms with E-state index in [1.165, 1.54) is 33.2 Å². The van der Waals surface area contributed by atoms with Gasteiger partial charge in [-0.1, -0.05) is 35.9 Å². The fourth-order valence-corrected chi connectivity index (χ4v) is 3.86. The number of nitrogens with zero attached hydrogens (tertiary/aromatic N) is 1. The van der Waals surface area contributed by atoms with Crippen LogP contribution in [0.3, 0.4) is 0 Å². The highest BCUT2D eigenvalue weighted by molar-refractivity contribution is 7.98. The van der Waals surface area contributed by atoms with Crippen molar-refractivity contribution in [2.24, 2.45) is 0 Å². The molecule has 0 amide bonds. The van der Waals surface area contributed by atoms with E-state index in [1.54, 1.807) is 0 Å². The highest BCUT2D eigenvalue weighted by atomic mass is 32.2. The van der Waals surface area contributed by atoms with Crippen molar-refractivity contribution in [1.82, 2.24) is 4.98 Å². The number of hydrogen-bond acceptors (Lipinski definition) is 2. The van der Waals surface area contributed by atoms with Gasteiger partial charge in [0.05, 0.1) is 10.5 Å². The third-order valence-corrected chi connectivity index (χ3v) is 5.03. The number of hydrogen-bond donors (Lipinski definition) is 0. The predicted octanol–water partition coefficient (Wildman–Crippen LogP) is 5.76. The fourth-order valence-electron chi connectivity index (χ4n) is 2.81. The van der Waals surface area contributed by atoms with Gasteiger partial charge in [-0.2, -0.15) is 0 Å². The zero-order valence-corrected chi connectivity index (χ0v) is 14.4. The molecule has 0 atom stereocenters. The van der Waals surface area contributed by atoms with Crippen molar-refractivity contribution in [2.45, 2.75) is 38.5 Å². The maximum absolute atomic E-state index is 4.88. The van der Waals surface area contributed by atoms with Crippen molar-refractivity contribution in [1.29, 1.82) is 0 Å². The van der Waals surface area contributed by atoms with Crippen molar-refractivity contribution in [3.05, 3.63) is 70.3 Å². The second-order valence-electron chi connectivity index (χ2n) is 5.97. The van der Waals surface area contributed by atoms with Gasteiger partial charge in [0.15, 0.2) is 0 Å². The molecule has 0 spiro atoms. The van der Waals surface area contributed by atoms with Crippen molar-refractivity contribution in [3.63, 3.8) is 0 Å². The fraction of sp³-hybridized carbons (Fsp3) is 0.250. The summed E-state index contributed by atoms with van der Waals surface area (Å²) in [5.41, 5.74) is 7.74. The van der Waals surface area contributed by atoms with Gasteiger partial charge in [0.1, 0.15) is 0 Å². The predicted molar refractivity (Wildman–Crippen MR) is 96.7 cm³/mol. The molecule has 0 bridgehead atoms. The third kappa shape index (κ3) is 3.02. The van der Waals surface area contributed by atoms with Gasteiger partial charge in [0.2, 0.25) is 0 Å². The molecular formula is C20H21NS. The van der Waals surface area contributed by atoms with Gasteiger partial charge in [-0.25, -0.2) is 4.98 Å². The largest absolute Gasteiger partial charge is 0.241 e. The topological polar surface area (TPSA) is 12.9 Å². The Bertz CT molecular complexity index is 836. The molecule has 1 aromatic heterocycles. The molecule has 0 aliphatic carbocycles. The van der Waals surface area contributed by atoms with Crippen LogP contribution in [0, 0.1) is 27.7 Å². The van der Waals surface area contributed by atoms with Crippen molar-refractivity contribution >= 4 is 22.7 Å². The highest BCUT2D eigenvalue weighted by Crippen LogP contribution is 2.29. The van der Waals surface area contributed by atoms with Gasteiger partial charge >= 0.3 is 0 Å². The molecule has 0 saturated carbocycles. The first kappa shape index (κ1) is 15.1. The molecule has 3 aromatic rings. The summed E-state index contributed by atoms with van der Waals surface area (Å²) in [6.45, 7) is 8.65. The van der Waals surface area contributed by atoms with Crippen LogP contribution < -0.4 is 0 Å². The summed E-state index contributed by atoms with van der Waals surface area (Å²) >= 11 is 1.82. The maximum Gasteiger partial charge on any atom is 0.0973 e. The van der Waals surface area contributed by atoms with Crippen molar-refractivity contribution in [2.75, 3.05) is 0 Å². The van der Waals surface area contributed by atoms with E-state index in [1.807, 2.05) is 11.8 Å². The minimum Gasteiger partial charge on any atom is -0.241 e. The molecule has 0 fully saturated rings. The lowest BCUT2D eigenvalue weighted by Gasteiger charge is -2.10. The highest BCUT2D eigenvalue weighted by Gasteiger charge is 2.07. The van der Waals surface area contributed by atoms with E-state index in [0.717, 1.165) is 16.3 Å². The summed E-state index contributed by atoms with van der Waals surface area (Å²) < 4.78 is 0. The van der Waals surface area contributed by atoms with Gasteiger partial charge in [0.25, 0.3) is 0 Å². The Hall–Kier alpha value is -1.80. The molecule has 0 saturated heterocycles. The van der Waals surface area contributed by atoms with Crippen molar-refractivity contribution < 1.29 is 0 Å². The molecule has 2 aromatic carbocycles. The van der Waals surface area contributed by atoms with Crippen LogP contribution in [0.5, 0.6) is 0 Å². The number of thioether (sulfide) groups is 1. The van der Waals surface area contributed by atoms with E-state index in [9.17, 15) is 0 Å². The molecule has 22 heavy (non-hydrogen) atoms. The van der Waals surface area contributed by atoms with E-state index >= 15 is 0 Å². The Labute approximate surface area is 136 Å². The average molecular weight is 307 g/mol. The number of aromatic nitrogens is 1. The van der Waals surface area contributed by atoms with Crippen LogP contribution in [-0.4, -0.2) is 4.98 Å². The third-order valence-electron chi connectivity index (χ3n) is 4.07. The van der Waals surface area contributed by atoms with E-state index in [-0.39, 0.29) is 0 Å². The van der Waals surface area contributed by atoms with Gasteiger partial charge < -0.3 is 0 Å². The molecule has 0 aliphatic heterocycles. The first-order valence-corrected chi connectivity index (χ1v) is 8.59. The molecular weight excluding hydrogens is 286 g/mol. The zero-order valence-electron chi connectivity index (χ0n) is 13.6. The van der Waals surface area contributed by atoms with E-state index < -0.39 is 0 Å². The lowest BCUT2D eigenvalue weighted by molar-refractivity contribution is 1.15. The molecule has 2 heteroatoms. The molecule has 0 radical (unpaired) electrons.